The molecule has 2 aromatic carbocycles. The predicted molar refractivity (Wildman–Crippen MR) is 121 cm³/mol. The maximum absolute atomic E-state index is 13.1. The number of ether oxygens (including phenoxy) is 2. The number of hydrogen-bond acceptors (Lipinski definition) is 5. The minimum atomic E-state index is -0.0173. The van der Waals surface area contributed by atoms with Crippen LogP contribution in [-0.2, 0) is 13.1 Å². The quantitative estimate of drug-likeness (QED) is 0.421. The number of carbonyl (C=O) groups is 1. The van der Waals surface area contributed by atoms with Gasteiger partial charge < -0.3 is 14.4 Å². The third kappa shape index (κ3) is 3.86. The summed E-state index contributed by atoms with van der Waals surface area (Å²) in [5.41, 5.74) is 3.01. The standard InChI is InChI=1S/C23H20ClN3O3S/c1-14-18-10-21(31-23(18)27(25-14)12-15-3-6-17(24)7-4-15)22(28)26(2)11-16-5-8-19-20(9-16)30-13-29-19/h3-10H,11-13H2,1-2H3. The summed E-state index contributed by atoms with van der Waals surface area (Å²) >= 11 is 7.46. The molecule has 158 valence electrons. The van der Waals surface area contributed by atoms with Gasteiger partial charge in [-0.05, 0) is 48.4 Å². The van der Waals surface area contributed by atoms with Crippen molar-refractivity contribution in [3.8, 4) is 11.5 Å². The SMILES string of the molecule is Cc1nn(Cc2ccc(Cl)cc2)c2sc(C(=O)N(C)Cc3ccc4c(c3)OCO4)cc12. The second-order valence-corrected chi connectivity index (χ2v) is 9.01. The van der Waals surface area contributed by atoms with Crippen LogP contribution in [0.15, 0.2) is 48.5 Å². The number of nitrogens with zero attached hydrogens (tertiary/aromatic N) is 3. The summed E-state index contributed by atoms with van der Waals surface area (Å²) in [4.78, 5) is 16.5. The molecule has 8 heteroatoms. The highest BCUT2D eigenvalue weighted by molar-refractivity contribution is 7.20. The molecule has 0 radical (unpaired) electrons. The molecule has 4 aromatic rings. The summed E-state index contributed by atoms with van der Waals surface area (Å²) in [5.74, 6) is 1.44. The van der Waals surface area contributed by atoms with Crippen LogP contribution < -0.4 is 9.47 Å². The summed E-state index contributed by atoms with van der Waals surface area (Å²) in [7, 11) is 1.81. The lowest BCUT2D eigenvalue weighted by Crippen LogP contribution is -2.25. The number of aryl methyl sites for hydroxylation is 1. The molecule has 0 atom stereocenters. The molecule has 1 aliphatic rings. The van der Waals surface area contributed by atoms with Gasteiger partial charge in [0.2, 0.25) is 6.79 Å². The van der Waals surface area contributed by atoms with E-state index in [0.717, 1.165) is 38.5 Å². The van der Waals surface area contributed by atoms with Crippen LogP contribution >= 0.6 is 22.9 Å². The Hall–Kier alpha value is -3.03. The Morgan fingerprint density at radius 3 is 2.68 bits per heavy atom. The monoisotopic (exact) mass is 453 g/mol. The third-order valence-electron chi connectivity index (χ3n) is 5.27. The van der Waals surface area contributed by atoms with Gasteiger partial charge in [-0.25, -0.2) is 0 Å². The van der Waals surface area contributed by atoms with Crippen LogP contribution in [0, 0.1) is 6.92 Å². The van der Waals surface area contributed by atoms with Crippen LogP contribution in [0.5, 0.6) is 11.5 Å². The van der Waals surface area contributed by atoms with E-state index >= 15 is 0 Å². The molecule has 0 unspecified atom stereocenters. The smallest absolute Gasteiger partial charge is 0.264 e. The predicted octanol–water partition coefficient (Wildman–Crippen LogP) is 5.11. The summed E-state index contributed by atoms with van der Waals surface area (Å²) in [6.07, 6.45) is 0. The van der Waals surface area contributed by atoms with Gasteiger partial charge in [-0.15, -0.1) is 11.3 Å². The molecule has 3 heterocycles. The van der Waals surface area contributed by atoms with E-state index in [4.69, 9.17) is 21.1 Å². The molecule has 0 N–H and O–H groups in total. The van der Waals surface area contributed by atoms with Gasteiger partial charge in [0.15, 0.2) is 11.5 Å². The zero-order valence-electron chi connectivity index (χ0n) is 17.1. The highest BCUT2D eigenvalue weighted by Gasteiger charge is 2.20. The third-order valence-corrected chi connectivity index (χ3v) is 6.66. The molecular weight excluding hydrogens is 434 g/mol. The number of rotatable bonds is 5. The Balaban J connectivity index is 1.37. The number of benzene rings is 2. The average Bonchev–Trinajstić information content (AvgIpc) is 3.46. The second-order valence-electron chi connectivity index (χ2n) is 7.55. The van der Waals surface area contributed by atoms with Crippen LogP contribution in [0.3, 0.4) is 0 Å². The second kappa shape index (κ2) is 7.90. The minimum absolute atomic E-state index is 0.0173. The molecule has 1 aliphatic heterocycles. The van der Waals surface area contributed by atoms with E-state index in [9.17, 15) is 4.79 Å². The molecule has 0 spiro atoms. The Morgan fingerprint density at radius 2 is 1.87 bits per heavy atom. The number of amides is 1. The van der Waals surface area contributed by atoms with E-state index in [-0.39, 0.29) is 12.7 Å². The number of carbonyl (C=O) groups excluding carboxylic acids is 1. The van der Waals surface area contributed by atoms with Crippen molar-refractivity contribution in [2.24, 2.45) is 0 Å². The highest BCUT2D eigenvalue weighted by Crippen LogP contribution is 2.33. The molecule has 1 amide bonds. The first kappa shape index (κ1) is 19.9. The number of thiophene rings is 1. The normalized spacial score (nSPS) is 12.5. The van der Waals surface area contributed by atoms with Crippen LogP contribution in [-0.4, -0.2) is 34.4 Å². The van der Waals surface area contributed by atoms with Crippen LogP contribution in [0.2, 0.25) is 5.02 Å². The van der Waals surface area contributed by atoms with Gasteiger partial charge in [0.05, 0.1) is 17.1 Å². The number of halogens is 1. The first-order valence-electron chi connectivity index (χ1n) is 9.83. The van der Waals surface area contributed by atoms with E-state index in [0.29, 0.717) is 23.0 Å². The minimum Gasteiger partial charge on any atom is -0.454 e. The van der Waals surface area contributed by atoms with Gasteiger partial charge in [-0.3, -0.25) is 9.48 Å². The largest absolute Gasteiger partial charge is 0.454 e. The molecule has 0 aliphatic carbocycles. The molecule has 0 bridgehead atoms. The van der Waals surface area contributed by atoms with Crippen molar-refractivity contribution >= 4 is 39.1 Å². The fourth-order valence-corrected chi connectivity index (χ4v) is 4.94. The summed E-state index contributed by atoms with van der Waals surface area (Å²) in [6.45, 7) is 3.32. The van der Waals surface area contributed by atoms with Crippen molar-refractivity contribution in [1.29, 1.82) is 0 Å². The van der Waals surface area contributed by atoms with Crippen LogP contribution in [0.1, 0.15) is 26.5 Å². The van der Waals surface area contributed by atoms with Crippen molar-refractivity contribution < 1.29 is 14.3 Å². The molecular formula is C23H20ClN3O3S. The summed E-state index contributed by atoms with van der Waals surface area (Å²) < 4.78 is 12.7. The summed E-state index contributed by atoms with van der Waals surface area (Å²) in [6, 6.07) is 15.4. The van der Waals surface area contributed by atoms with E-state index in [2.05, 4.69) is 5.10 Å². The average molecular weight is 454 g/mol. The fraction of sp³-hybridized carbons (Fsp3) is 0.217. The first-order valence-corrected chi connectivity index (χ1v) is 11.0. The summed E-state index contributed by atoms with van der Waals surface area (Å²) in [5, 5.41) is 6.38. The Labute approximate surface area is 188 Å². The highest BCUT2D eigenvalue weighted by atomic mass is 35.5. The van der Waals surface area contributed by atoms with Crippen molar-refractivity contribution in [2.75, 3.05) is 13.8 Å². The van der Waals surface area contributed by atoms with Gasteiger partial charge in [0, 0.05) is 24.0 Å². The molecule has 0 fully saturated rings. The lowest BCUT2D eigenvalue weighted by Gasteiger charge is -2.16. The zero-order chi connectivity index (χ0) is 21.5. The lowest BCUT2D eigenvalue weighted by atomic mass is 10.2. The molecule has 0 saturated heterocycles. The van der Waals surface area contributed by atoms with Gasteiger partial charge in [-0.1, -0.05) is 29.8 Å². The Bertz CT molecular complexity index is 1280. The molecule has 2 aromatic heterocycles. The van der Waals surface area contributed by atoms with E-state index < -0.39 is 0 Å². The molecule has 31 heavy (non-hydrogen) atoms. The number of aromatic nitrogens is 2. The van der Waals surface area contributed by atoms with Gasteiger partial charge in [-0.2, -0.15) is 5.10 Å². The first-order chi connectivity index (χ1) is 15.0. The van der Waals surface area contributed by atoms with Crippen molar-refractivity contribution in [1.82, 2.24) is 14.7 Å². The van der Waals surface area contributed by atoms with E-state index in [1.54, 1.807) is 4.90 Å². The van der Waals surface area contributed by atoms with Crippen molar-refractivity contribution in [3.05, 3.63) is 75.3 Å². The van der Waals surface area contributed by atoms with Crippen LogP contribution in [0.4, 0.5) is 0 Å². The van der Waals surface area contributed by atoms with Gasteiger partial charge in [0.25, 0.3) is 5.91 Å². The molecule has 0 saturated carbocycles. The molecule has 6 nitrogen and oxygen atoms in total. The maximum Gasteiger partial charge on any atom is 0.264 e. The van der Waals surface area contributed by atoms with Crippen molar-refractivity contribution in [2.45, 2.75) is 20.0 Å². The fourth-order valence-electron chi connectivity index (χ4n) is 3.66. The Kier molecular flexibility index (Phi) is 5.08. The van der Waals surface area contributed by atoms with E-state index in [1.165, 1.54) is 11.3 Å². The maximum atomic E-state index is 13.1. The number of hydrogen-bond donors (Lipinski definition) is 0. The van der Waals surface area contributed by atoms with E-state index in [1.807, 2.05) is 67.2 Å². The number of fused-ring (bicyclic) bond motifs is 2. The van der Waals surface area contributed by atoms with Crippen molar-refractivity contribution in [3.63, 3.8) is 0 Å². The zero-order valence-corrected chi connectivity index (χ0v) is 18.7. The van der Waals surface area contributed by atoms with Gasteiger partial charge in [0.1, 0.15) is 4.83 Å². The Morgan fingerprint density at radius 1 is 1.13 bits per heavy atom. The topological polar surface area (TPSA) is 56.6 Å². The molecule has 5 rings (SSSR count). The lowest BCUT2D eigenvalue weighted by molar-refractivity contribution is 0.0790. The van der Waals surface area contributed by atoms with Crippen LogP contribution in [0.25, 0.3) is 10.2 Å². The van der Waals surface area contributed by atoms with Gasteiger partial charge >= 0.3 is 0 Å².